The summed E-state index contributed by atoms with van der Waals surface area (Å²) in [7, 11) is -8.80. The van der Waals surface area contributed by atoms with Gasteiger partial charge in [-0.3, -0.25) is 0 Å². The third-order valence-electron chi connectivity index (χ3n) is 7.35. The van der Waals surface area contributed by atoms with Crippen LogP contribution in [-0.2, 0) is 4.12 Å². The first kappa shape index (κ1) is 30.8. The van der Waals surface area contributed by atoms with Gasteiger partial charge in [-0.15, -0.1) is 0 Å². The molecule has 33 heavy (non-hydrogen) atoms. The summed E-state index contributed by atoms with van der Waals surface area (Å²) in [5, 5.41) is -0.417. The Hall–Kier alpha value is -0.219. The Morgan fingerprint density at radius 1 is 0.788 bits per heavy atom. The van der Waals surface area contributed by atoms with E-state index in [1.807, 2.05) is 0 Å². The van der Waals surface area contributed by atoms with E-state index in [1.54, 1.807) is 0 Å². The van der Waals surface area contributed by atoms with Crippen molar-refractivity contribution in [1.82, 2.24) is 4.57 Å². The molecule has 7 heteroatoms. The number of hydrogen-bond acceptors (Lipinski definition) is 2. The monoisotopic (exact) mass is 512 g/mol. The van der Waals surface area contributed by atoms with Crippen molar-refractivity contribution in [1.29, 1.82) is 0 Å². The lowest BCUT2D eigenvalue weighted by Gasteiger charge is -2.68. The molecule has 0 aliphatic heterocycles. The number of nitrogens with zero attached hydrogens (tertiary/aromatic N) is 2. The van der Waals surface area contributed by atoms with Gasteiger partial charge in [0.2, 0.25) is 13.5 Å². The summed E-state index contributed by atoms with van der Waals surface area (Å²) < 4.78 is 12.0. The minimum atomic E-state index is -3.80. The van der Waals surface area contributed by atoms with E-state index in [-0.39, 0.29) is 27.2 Å². The molecule has 0 spiro atoms. The lowest BCUT2D eigenvalue weighted by Crippen LogP contribution is -2.93. The Balaban J connectivity index is 4.63. The fraction of sp³-hybridized carbons (Fsp3) is 0.885. The van der Waals surface area contributed by atoms with Crippen molar-refractivity contribution in [3.8, 4) is 0 Å². The first-order chi connectivity index (χ1) is 14.3. The topological polar surface area (TPSA) is 41.1 Å². The number of hydrogen-bond donors (Lipinski definition) is 0. The van der Waals surface area contributed by atoms with Gasteiger partial charge in [0, 0.05) is 13.8 Å². The van der Waals surface area contributed by atoms with Crippen LogP contribution in [0.2, 0.25) is 34.8 Å². The third kappa shape index (κ3) is 4.91. The Bertz CT molecular complexity index is 780. The molecule has 0 N–H and O–H groups in total. The second kappa shape index (κ2) is 9.02. The van der Waals surface area contributed by atoms with Crippen LogP contribution in [0.15, 0.2) is 0 Å². The predicted molar refractivity (Wildman–Crippen MR) is 150 cm³/mol. The molecule has 0 radical (unpaired) electrons. The zero-order valence-electron chi connectivity index (χ0n) is 25.4. The minimum Gasteiger partial charge on any atom is -0.832 e. The number of rotatable bonds is 6. The van der Waals surface area contributed by atoms with Crippen LogP contribution >= 0.6 is 0 Å². The Kier molecular flexibility index (Phi) is 8.42. The van der Waals surface area contributed by atoms with Crippen molar-refractivity contribution >= 4 is 29.4 Å². The van der Waals surface area contributed by atoms with Crippen LogP contribution in [-0.4, -0.2) is 28.6 Å². The van der Waals surface area contributed by atoms with Gasteiger partial charge in [-0.05, 0) is 62.5 Å². The summed E-state index contributed by atoms with van der Waals surface area (Å²) in [6, 6.07) is 0.410. The summed E-state index contributed by atoms with van der Waals surface area (Å²) in [6.45, 7) is 40.9. The molecule has 0 unspecified atom stereocenters. The standard InChI is InChI=1S/C26H56N2O2Si3/c1-19(2)27-21(5)22(6)28(20(3)4)23(27)32(29,30-31(16,17)18)33(24(7,8)9,25(10,11)12)26(13,14)15/h19-20H,1-18H3/t32-/m0/s1. The first-order valence-corrected chi connectivity index (χ1v) is 21.1. The smallest absolute Gasteiger partial charge is 0.232 e. The molecule has 1 aromatic rings. The van der Waals surface area contributed by atoms with Gasteiger partial charge in [0.05, 0.1) is 19.7 Å². The van der Waals surface area contributed by atoms with E-state index in [0.29, 0.717) is 0 Å². The summed E-state index contributed by atoms with van der Waals surface area (Å²) in [4.78, 5) is 16.5. The zero-order valence-corrected chi connectivity index (χ0v) is 28.4. The van der Waals surface area contributed by atoms with Crippen molar-refractivity contribution in [2.24, 2.45) is 0 Å². The maximum Gasteiger partial charge on any atom is 0.232 e. The third-order valence-corrected chi connectivity index (χ3v) is 31.1. The lowest BCUT2D eigenvalue weighted by molar-refractivity contribution is -0.706. The molecule has 1 aromatic heterocycles. The quantitative estimate of drug-likeness (QED) is 0.329. The molecule has 0 aromatic carbocycles. The largest absolute Gasteiger partial charge is 0.832 e. The Morgan fingerprint density at radius 3 is 1.39 bits per heavy atom. The van der Waals surface area contributed by atoms with E-state index >= 15 is 4.80 Å². The molecule has 0 amide bonds. The van der Waals surface area contributed by atoms with Crippen LogP contribution < -0.4 is 14.8 Å². The fourth-order valence-corrected chi connectivity index (χ4v) is 38.6. The van der Waals surface area contributed by atoms with Gasteiger partial charge in [0.15, 0.2) is 8.32 Å². The molecule has 194 valence electrons. The summed E-state index contributed by atoms with van der Waals surface area (Å²) >= 11 is 0. The number of imidazole rings is 1. The average Bonchev–Trinajstić information content (AvgIpc) is 2.73. The van der Waals surface area contributed by atoms with Crippen molar-refractivity contribution < 1.29 is 13.5 Å². The highest BCUT2D eigenvalue weighted by Gasteiger charge is 2.72. The fourth-order valence-electron chi connectivity index (χ4n) is 7.94. The van der Waals surface area contributed by atoms with Crippen LogP contribution in [0.25, 0.3) is 0 Å². The highest BCUT2D eigenvalue weighted by molar-refractivity contribution is 7.44. The molecule has 0 aliphatic rings. The van der Waals surface area contributed by atoms with E-state index in [9.17, 15) is 0 Å². The van der Waals surface area contributed by atoms with Gasteiger partial charge < -0.3 is 8.91 Å². The van der Waals surface area contributed by atoms with Crippen LogP contribution in [0.1, 0.15) is 113 Å². The Morgan fingerprint density at radius 2 is 1.15 bits per heavy atom. The lowest BCUT2D eigenvalue weighted by atomic mass is 10.2. The molecule has 0 fully saturated rings. The molecule has 0 bridgehead atoms. The second-order valence-corrected chi connectivity index (χ2v) is 31.7. The normalized spacial score (nSPS) is 16.6. The molecule has 0 saturated carbocycles. The molecule has 4 nitrogen and oxygen atoms in total. The van der Waals surface area contributed by atoms with Gasteiger partial charge in [0.25, 0.3) is 0 Å². The van der Waals surface area contributed by atoms with Crippen molar-refractivity contribution in [2.45, 2.75) is 151 Å². The summed E-state index contributed by atoms with van der Waals surface area (Å²) in [6.07, 6.45) is 0. The predicted octanol–water partition coefficient (Wildman–Crippen LogP) is 6.34. The molecular weight excluding hydrogens is 457 g/mol. The van der Waals surface area contributed by atoms with Gasteiger partial charge in [-0.1, -0.05) is 62.3 Å². The minimum absolute atomic E-state index is 0.139. The van der Waals surface area contributed by atoms with Crippen LogP contribution in [0.5, 0.6) is 0 Å². The van der Waals surface area contributed by atoms with Crippen molar-refractivity contribution in [3.63, 3.8) is 0 Å². The summed E-state index contributed by atoms with van der Waals surface area (Å²) in [5.74, 6) is 0. The maximum absolute atomic E-state index is 16.5. The van der Waals surface area contributed by atoms with Crippen LogP contribution in [0, 0.1) is 13.8 Å². The summed E-state index contributed by atoms with van der Waals surface area (Å²) in [5.41, 5.74) is 3.40. The van der Waals surface area contributed by atoms with Crippen molar-refractivity contribution in [2.75, 3.05) is 0 Å². The zero-order chi connectivity index (χ0) is 26.7. The molecule has 1 atom stereocenters. The van der Waals surface area contributed by atoms with E-state index in [2.05, 4.69) is 133 Å². The average molecular weight is 513 g/mol. The highest BCUT2D eigenvalue weighted by Crippen LogP contribution is 2.64. The SMILES string of the molecule is Cc1c(C)[n+](C(C)C)c([Si@]([O-])(O[Si](C)(C)C)[Si](C(C)(C)C)(C(C)(C)C)C(C)(C)C)n1C(C)C. The molecule has 0 aliphatic carbocycles. The van der Waals surface area contributed by atoms with Crippen molar-refractivity contribution in [3.05, 3.63) is 11.4 Å². The maximum atomic E-state index is 16.5. The number of aromatic nitrogens is 2. The highest BCUT2D eigenvalue weighted by atomic mass is 29.3. The van der Waals surface area contributed by atoms with E-state index in [0.717, 1.165) is 5.45 Å². The van der Waals surface area contributed by atoms with Gasteiger partial charge >= 0.3 is 0 Å². The second-order valence-electron chi connectivity index (χ2n) is 14.8. The molecule has 1 heterocycles. The van der Waals surface area contributed by atoms with E-state index in [1.165, 1.54) is 11.4 Å². The molecule has 1 rings (SSSR count). The molecular formula is C26H56N2O2Si3. The van der Waals surface area contributed by atoms with E-state index in [4.69, 9.17) is 4.12 Å². The van der Waals surface area contributed by atoms with Gasteiger partial charge in [0.1, 0.15) is 11.4 Å². The van der Waals surface area contributed by atoms with Crippen LogP contribution in [0.4, 0.5) is 0 Å². The molecule has 0 saturated heterocycles. The van der Waals surface area contributed by atoms with Crippen LogP contribution in [0.3, 0.4) is 0 Å². The Labute approximate surface area is 209 Å². The van der Waals surface area contributed by atoms with Gasteiger partial charge in [-0.25, -0.2) is 9.13 Å². The van der Waals surface area contributed by atoms with E-state index < -0.39 is 24.0 Å². The van der Waals surface area contributed by atoms with Gasteiger partial charge in [-0.2, -0.15) is 0 Å². The first-order valence-electron chi connectivity index (χ1n) is 12.8.